The largest absolute Gasteiger partial charge is 0.368 e. The molecule has 1 rings (SSSR count). The molecule has 0 bridgehead atoms. The molecular weight excluding hydrogens is 140 g/mol. The molecule has 3 heteroatoms. The van der Waals surface area contributed by atoms with Crippen molar-refractivity contribution in [3.05, 3.63) is 12.3 Å². The molecular formula is C8H14N2O. The number of rotatable bonds is 2. The van der Waals surface area contributed by atoms with Crippen LogP contribution in [0.5, 0.6) is 0 Å². The van der Waals surface area contributed by atoms with Crippen molar-refractivity contribution in [1.29, 1.82) is 0 Å². The fourth-order valence-electron chi connectivity index (χ4n) is 1.27. The van der Waals surface area contributed by atoms with E-state index in [0.29, 0.717) is 5.70 Å². The van der Waals surface area contributed by atoms with E-state index in [9.17, 15) is 4.79 Å². The van der Waals surface area contributed by atoms with Crippen molar-refractivity contribution in [1.82, 2.24) is 10.2 Å². The van der Waals surface area contributed by atoms with Gasteiger partial charge in [0.25, 0.3) is 5.91 Å². The molecule has 62 valence electrons. The highest BCUT2D eigenvalue weighted by Crippen LogP contribution is 2.12. The van der Waals surface area contributed by atoms with E-state index in [1.165, 1.54) is 12.8 Å². The van der Waals surface area contributed by atoms with Crippen molar-refractivity contribution in [3.63, 3.8) is 0 Å². The van der Waals surface area contributed by atoms with Crippen LogP contribution >= 0.6 is 0 Å². The lowest BCUT2D eigenvalue weighted by atomic mass is 10.4. The van der Waals surface area contributed by atoms with Crippen LogP contribution in [0.2, 0.25) is 0 Å². The summed E-state index contributed by atoms with van der Waals surface area (Å²) in [7, 11) is 1.63. The smallest absolute Gasteiger partial charge is 0.266 e. The van der Waals surface area contributed by atoms with Crippen LogP contribution in [0.1, 0.15) is 12.8 Å². The minimum atomic E-state index is -0.0631. The third kappa shape index (κ3) is 1.73. The van der Waals surface area contributed by atoms with Gasteiger partial charge >= 0.3 is 0 Å². The predicted molar refractivity (Wildman–Crippen MR) is 44.0 cm³/mol. The van der Waals surface area contributed by atoms with Crippen molar-refractivity contribution >= 4 is 5.91 Å². The van der Waals surface area contributed by atoms with Crippen molar-refractivity contribution in [2.75, 3.05) is 20.1 Å². The summed E-state index contributed by atoms with van der Waals surface area (Å²) >= 11 is 0. The lowest BCUT2D eigenvalue weighted by Gasteiger charge is -2.18. The summed E-state index contributed by atoms with van der Waals surface area (Å²) in [6.45, 7) is 5.68. The SMILES string of the molecule is C=C(C(=O)NC)N1CCCC1. The molecule has 3 nitrogen and oxygen atoms in total. The number of nitrogens with one attached hydrogen (secondary N) is 1. The van der Waals surface area contributed by atoms with Crippen molar-refractivity contribution < 1.29 is 4.79 Å². The first kappa shape index (κ1) is 8.11. The molecule has 1 aliphatic heterocycles. The first-order chi connectivity index (χ1) is 5.25. The molecule has 1 fully saturated rings. The van der Waals surface area contributed by atoms with Gasteiger partial charge in [-0.05, 0) is 12.8 Å². The number of nitrogens with zero attached hydrogens (tertiary/aromatic N) is 1. The first-order valence-electron chi connectivity index (χ1n) is 3.91. The lowest BCUT2D eigenvalue weighted by molar-refractivity contribution is -0.118. The summed E-state index contributed by atoms with van der Waals surface area (Å²) in [5.74, 6) is -0.0631. The van der Waals surface area contributed by atoms with Crippen molar-refractivity contribution in [2.45, 2.75) is 12.8 Å². The fourth-order valence-corrected chi connectivity index (χ4v) is 1.27. The van der Waals surface area contributed by atoms with Crippen LogP contribution in [0.4, 0.5) is 0 Å². The van der Waals surface area contributed by atoms with E-state index in [1.807, 2.05) is 4.90 Å². The second-order valence-electron chi connectivity index (χ2n) is 2.72. The van der Waals surface area contributed by atoms with E-state index in [-0.39, 0.29) is 5.91 Å². The molecule has 0 aromatic carbocycles. The van der Waals surface area contributed by atoms with Gasteiger partial charge < -0.3 is 10.2 Å². The monoisotopic (exact) mass is 154 g/mol. The molecule has 0 saturated carbocycles. The maximum atomic E-state index is 11.0. The van der Waals surface area contributed by atoms with Gasteiger partial charge in [-0.25, -0.2) is 0 Å². The van der Waals surface area contributed by atoms with Gasteiger partial charge in [-0.2, -0.15) is 0 Å². The summed E-state index contributed by atoms with van der Waals surface area (Å²) in [4.78, 5) is 13.1. The zero-order valence-electron chi connectivity index (χ0n) is 6.89. The van der Waals surface area contributed by atoms with E-state index in [4.69, 9.17) is 0 Å². The lowest BCUT2D eigenvalue weighted by Crippen LogP contribution is -2.30. The van der Waals surface area contributed by atoms with E-state index in [0.717, 1.165) is 13.1 Å². The zero-order valence-corrected chi connectivity index (χ0v) is 6.89. The van der Waals surface area contributed by atoms with E-state index < -0.39 is 0 Å². The molecule has 1 aliphatic rings. The Kier molecular flexibility index (Phi) is 2.52. The molecule has 0 aromatic heterocycles. The van der Waals surface area contributed by atoms with Gasteiger partial charge in [0.2, 0.25) is 0 Å². The first-order valence-corrected chi connectivity index (χ1v) is 3.91. The summed E-state index contributed by atoms with van der Waals surface area (Å²) < 4.78 is 0. The number of hydrogen-bond acceptors (Lipinski definition) is 2. The highest BCUT2D eigenvalue weighted by atomic mass is 16.2. The van der Waals surface area contributed by atoms with Crippen LogP contribution < -0.4 is 5.32 Å². The van der Waals surface area contributed by atoms with Gasteiger partial charge in [-0.3, -0.25) is 4.79 Å². The Hall–Kier alpha value is -0.990. The van der Waals surface area contributed by atoms with Gasteiger partial charge in [0.05, 0.1) is 5.70 Å². The van der Waals surface area contributed by atoms with Crippen LogP contribution in [0.15, 0.2) is 12.3 Å². The maximum Gasteiger partial charge on any atom is 0.266 e. The van der Waals surface area contributed by atoms with Crippen LogP contribution in [-0.2, 0) is 4.79 Å². The molecule has 0 unspecified atom stereocenters. The summed E-state index contributed by atoms with van der Waals surface area (Å²) in [5, 5.41) is 2.56. The van der Waals surface area contributed by atoms with Gasteiger partial charge in [0.15, 0.2) is 0 Å². The summed E-state index contributed by atoms with van der Waals surface area (Å²) in [5.41, 5.74) is 0.602. The highest BCUT2D eigenvalue weighted by molar-refractivity contribution is 5.91. The number of likely N-dealkylation sites (N-methyl/N-ethyl adjacent to an activating group) is 1. The normalized spacial score (nSPS) is 16.6. The predicted octanol–water partition coefficient (Wildman–Crippen LogP) is 0.342. The fraction of sp³-hybridized carbons (Fsp3) is 0.625. The molecule has 0 radical (unpaired) electrons. The second kappa shape index (κ2) is 3.42. The van der Waals surface area contributed by atoms with E-state index >= 15 is 0 Å². The Morgan fingerprint density at radius 1 is 1.45 bits per heavy atom. The summed E-state index contributed by atoms with van der Waals surface area (Å²) in [6.07, 6.45) is 2.35. The highest BCUT2D eigenvalue weighted by Gasteiger charge is 2.17. The summed E-state index contributed by atoms with van der Waals surface area (Å²) in [6, 6.07) is 0. The van der Waals surface area contributed by atoms with Crippen molar-refractivity contribution in [2.24, 2.45) is 0 Å². The van der Waals surface area contributed by atoms with Crippen LogP contribution in [0.25, 0.3) is 0 Å². The van der Waals surface area contributed by atoms with Crippen LogP contribution in [-0.4, -0.2) is 30.9 Å². The van der Waals surface area contributed by atoms with E-state index in [1.54, 1.807) is 7.05 Å². The van der Waals surface area contributed by atoms with Crippen LogP contribution in [0.3, 0.4) is 0 Å². The zero-order chi connectivity index (χ0) is 8.27. The Morgan fingerprint density at radius 3 is 2.45 bits per heavy atom. The topological polar surface area (TPSA) is 32.3 Å². The molecule has 0 aliphatic carbocycles. The third-order valence-electron chi connectivity index (χ3n) is 1.98. The second-order valence-corrected chi connectivity index (χ2v) is 2.72. The minimum Gasteiger partial charge on any atom is -0.368 e. The number of likely N-dealkylation sites (tertiary alicyclic amines) is 1. The molecule has 0 spiro atoms. The molecule has 0 atom stereocenters. The molecule has 1 heterocycles. The van der Waals surface area contributed by atoms with Gasteiger partial charge in [-0.1, -0.05) is 6.58 Å². The van der Waals surface area contributed by atoms with Gasteiger partial charge in [-0.15, -0.1) is 0 Å². The molecule has 1 saturated heterocycles. The number of amides is 1. The Labute approximate surface area is 67.1 Å². The average Bonchev–Trinajstić information content (AvgIpc) is 2.53. The Bertz CT molecular complexity index is 171. The number of carbonyl (C=O) groups excluding carboxylic acids is 1. The Morgan fingerprint density at radius 2 is 2.00 bits per heavy atom. The maximum absolute atomic E-state index is 11.0. The molecule has 0 aromatic rings. The van der Waals surface area contributed by atoms with Crippen LogP contribution in [0, 0.1) is 0 Å². The van der Waals surface area contributed by atoms with Gasteiger partial charge in [0, 0.05) is 20.1 Å². The molecule has 11 heavy (non-hydrogen) atoms. The van der Waals surface area contributed by atoms with Gasteiger partial charge in [0.1, 0.15) is 0 Å². The third-order valence-corrected chi connectivity index (χ3v) is 1.98. The Balaban J connectivity index is 2.46. The standard InChI is InChI=1S/C8H14N2O/c1-7(8(11)9-2)10-5-3-4-6-10/h1,3-6H2,2H3,(H,9,11). The number of hydrogen-bond donors (Lipinski definition) is 1. The quantitative estimate of drug-likeness (QED) is 0.582. The minimum absolute atomic E-state index is 0.0631. The number of carbonyl (C=O) groups is 1. The molecule has 1 amide bonds. The van der Waals surface area contributed by atoms with E-state index in [2.05, 4.69) is 11.9 Å². The molecule has 1 N–H and O–H groups in total. The average molecular weight is 154 g/mol. The van der Waals surface area contributed by atoms with Crippen molar-refractivity contribution in [3.8, 4) is 0 Å².